The molecule has 2 aromatic heterocycles. The van der Waals surface area contributed by atoms with E-state index < -0.39 is 0 Å². The fraction of sp³-hybridized carbons (Fsp3) is 0.100. The van der Waals surface area contributed by atoms with Gasteiger partial charge >= 0.3 is 0 Å². The molecule has 15 heavy (non-hydrogen) atoms. The van der Waals surface area contributed by atoms with Crippen molar-refractivity contribution in [1.82, 2.24) is 9.38 Å². The average Bonchev–Trinajstić information content (AvgIpc) is 2.17. The van der Waals surface area contributed by atoms with Gasteiger partial charge in [-0.15, -0.1) is 0 Å². The Bertz CT molecular complexity index is 600. The monoisotopic (exact) mass is 218 g/mol. The zero-order valence-corrected chi connectivity index (χ0v) is 9.01. The van der Waals surface area contributed by atoms with Gasteiger partial charge in [-0.25, -0.2) is 4.98 Å². The summed E-state index contributed by atoms with van der Waals surface area (Å²) >= 11 is 4.86. The van der Waals surface area contributed by atoms with Crippen LogP contribution in [-0.4, -0.2) is 14.4 Å². The molecule has 2 heterocycles. The van der Waals surface area contributed by atoms with Crippen molar-refractivity contribution in [2.24, 2.45) is 5.73 Å². The van der Waals surface area contributed by atoms with Gasteiger partial charge in [-0.05, 0) is 19.1 Å². The maximum Gasteiger partial charge on any atom is 0.142 e. The Balaban J connectivity index is 2.96. The molecule has 4 nitrogen and oxygen atoms in total. The lowest BCUT2D eigenvalue weighted by Crippen LogP contribution is -2.27. The van der Waals surface area contributed by atoms with E-state index in [0.717, 1.165) is 11.3 Å². The molecule has 0 aliphatic heterocycles. The fourth-order valence-corrected chi connectivity index (χ4v) is 1.64. The van der Waals surface area contributed by atoms with Crippen LogP contribution in [0.2, 0.25) is 0 Å². The van der Waals surface area contributed by atoms with Gasteiger partial charge in [0.2, 0.25) is 0 Å². The molecule has 0 aromatic carbocycles. The molecule has 0 radical (unpaired) electrons. The van der Waals surface area contributed by atoms with E-state index >= 15 is 0 Å². The quantitative estimate of drug-likeness (QED) is 0.694. The molecule has 5 heteroatoms. The van der Waals surface area contributed by atoms with Crippen LogP contribution in [0.3, 0.4) is 0 Å². The largest absolute Gasteiger partial charge is 0.389 e. The Kier molecular flexibility index (Phi) is 2.24. The summed E-state index contributed by atoms with van der Waals surface area (Å²) in [6.45, 7) is 1.91. The first-order valence-electron chi connectivity index (χ1n) is 4.43. The average molecular weight is 218 g/mol. The first kappa shape index (κ1) is 9.79. The number of nitrogens with zero attached hydrogens (tertiary/aromatic N) is 2. The second-order valence-corrected chi connectivity index (χ2v) is 3.69. The molecular formula is C10H10N4S. The van der Waals surface area contributed by atoms with Gasteiger partial charge in [0.1, 0.15) is 16.1 Å². The van der Waals surface area contributed by atoms with Crippen LogP contribution in [0.25, 0.3) is 5.65 Å². The molecule has 0 saturated carbocycles. The smallest absolute Gasteiger partial charge is 0.142 e. The minimum absolute atomic E-state index is 0.199. The van der Waals surface area contributed by atoms with Gasteiger partial charge in [0.25, 0.3) is 0 Å². The molecule has 0 aliphatic carbocycles. The van der Waals surface area contributed by atoms with Crippen LogP contribution in [0.1, 0.15) is 11.3 Å². The molecule has 0 amide bonds. The molecule has 0 unspecified atom stereocenters. The van der Waals surface area contributed by atoms with Gasteiger partial charge in [-0.1, -0.05) is 18.3 Å². The van der Waals surface area contributed by atoms with Crippen LogP contribution in [0.5, 0.6) is 0 Å². The highest BCUT2D eigenvalue weighted by Crippen LogP contribution is 2.01. The molecule has 2 rings (SSSR count). The van der Waals surface area contributed by atoms with E-state index in [-0.39, 0.29) is 10.5 Å². The third-order valence-corrected chi connectivity index (χ3v) is 2.45. The van der Waals surface area contributed by atoms with E-state index in [1.807, 2.05) is 25.1 Å². The number of fused-ring (bicyclic) bond motifs is 1. The van der Waals surface area contributed by atoms with Crippen LogP contribution in [0, 0.1) is 12.3 Å². The maximum absolute atomic E-state index is 7.97. The van der Waals surface area contributed by atoms with Crippen molar-refractivity contribution in [1.29, 1.82) is 5.41 Å². The normalized spacial score (nSPS) is 10.5. The Morgan fingerprint density at radius 2 is 2.27 bits per heavy atom. The highest BCUT2D eigenvalue weighted by Gasteiger charge is 2.04. The van der Waals surface area contributed by atoms with E-state index in [2.05, 4.69) is 4.98 Å². The Hall–Kier alpha value is -1.75. The van der Waals surface area contributed by atoms with E-state index in [9.17, 15) is 0 Å². The van der Waals surface area contributed by atoms with Gasteiger partial charge in [-0.2, -0.15) is 0 Å². The van der Waals surface area contributed by atoms with E-state index in [1.165, 1.54) is 0 Å². The van der Waals surface area contributed by atoms with Crippen molar-refractivity contribution in [3.8, 4) is 0 Å². The van der Waals surface area contributed by atoms with Gasteiger partial charge in [0.05, 0.1) is 5.56 Å². The predicted molar refractivity (Wildman–Crippen MR) is 61.7 cm³/mol. The predicted octanol–water partition coefficient (Wildman–Crippen LogP) is 0.756. The molecule has 76 valence electrons. The van der Waals surface area contributed by atoms with Crippen LogP contribution >= 0.6 is 12.2 Å². The molecule has 3 N–H and O–H groups in total. The number of nitrogens with two attached hydrogens (primary N) is 1. The van der Waals surface area contributed by atoms with E-state index in [0.29, 0.717) is 5.56 Å². The van der Waals surface area contributed by atoms with E-state index in [4.69, 9.17) is 23.4 Å². The number of pyridine rings is 1. The summed E-state index contributed by atoms with van der Waals surface area (Å²) in [5.74, 6) is 0. The first-order chi connectivity index (χ1) is 7.11. The van der Waals surface area contributed by atoms with Crippen molar-refractivity contribution >= 4 is 22.9 Å². The van der Waals surface area contributed by atoms with Gasteiger partial charge < -0.3 is 5.73 Å². The van der Waals surface area contributed by atoms with Crippen molar-refractivity contribution in [2.75, 3.05) is 0 Å². The lowest BCUT2D eigenvalue weighted by molar-refractivity contribution is 0.927. The highest BCUT2D eigenvalue weighted by molar-refractivity contribution is 7.80. The Morgan fingerprint density at radius 3 is 2.93 bits per heavy atom. The molecule has 0 spiro atoms. The van der Waals surface area contributed by atoms with Crippen molar-refractivity contribution in [3.63, 3.8) is 0 Å². The van der Waals surface area contributed by atoms with Crippen LogP contribution < -0.4 is 11.2 Å². The zero-order valence-electron chi connectivity index (χ0n) is 8.19. The standard InChI is InChI=1S/C10H10N4S/c1-6-3-2-4-8-13-5-7(10(12)15)9(11)14(6)8/h2-5,11H,1H3,(H2,12,15). The molecule has 0 saturated heterocycles. The summed E-state index contributed by atoms with van der Waals surface area (Å²) in [4.78, 5) is 4.40. The summed E-state index contributed by atoms with van der Waals surface area (Å²) in [5, 5.41) is 7.97. The molecule has 2 aromatic rings. The van der Waals surface area contributed by atoms with Crippen LogP contribution in [0.4, 0.5) is 0 Å². The van der Waals surface area contributed by atoms with E-state index in [1.54, 1.807) is 10.6 Å². The summed E-state index contributed by atoms with van der Waals surface area (Å²) in [7, 11) is 0. The topological polar surface area (TPSA) is 67.2 Å². The summed E-state index contributed by atoms with van der Waals surface area (Å²) in [6, 6.07) is 5.65. The number of hydrogen-bond donors (Lipinski definition) is 2. The van der Waals surface area contributed by atoms with Crippen LogP contribution in [0.15, 0.2) is 24.4 Å². The van der Waals surface area contributed by atoms with Crippen molar-refractivity contribution in [2.45, 2.75) is 6.92 Å². The number of aromatic nitrogens is 2. The first-order valence-corrected chi connectivity index (χ1v) is 4.84. The fourth-order valence-electron chi connectivity index (χ4n) is 1.49. The van der Waals surface area contributed by atoms with Gasteiger partial charge in [0, 0.05) is 11.9 Å². The molecule has 0 atom stereocenters. The molecule has 0 bridgehead atoms. The maximum atomic E-state index is 7.97. The highest BCUT2D eigenvalue weighted by atomic mass is 32.1. The SMILES string of the molecule is Cc1cccc2ncc(C(N)=S)c(=N)n12. The molecular weight excluding hydrogens is 208 g/mol. The second kappa shape index (κ2) is 3.43. The summed E-state index contributed by atoms with van der Waals surface area (Å²) < 4.78 is 1.72. The summed E-state index contributed by atoms with van der Waals surface area (Å²) in [5.41, 5.74) is 7.95. The van der Waals surface area contributed by atoms with Crippen LogP contribution in [-0.2, 0) is 0 Å². The van der Waals surface area contributed by atoms with Gasteiger partial charge in [-0.3, -0.25) is 9.81 Å². The number of hydrogen-bond acceptors (Lipinski definition) is 3. The van der Waals surface area contributed by atoms with Crippen molar-refractivity contribution in [3.05, 3.63) is 41.1 Å². The lowest BCUT2D eigenvalue weighted by atomic mass is 10.3. The minimum atomic E-state index is 0.199. The number of thiocarbonyl (C=S) groups is 1. The second-order valence-electron chi connectivity index (χ2n) is 3.25. The van der Waals surface area contributed by atoms with Gasteiger partial charge in [0.15, 0.2) is 0 Å². The third-order valence-electron chi connectivity index (χ3n) is 2.23. The number of nitrogens with one attached hydrogen (secondary N) is 1. The Morgan fingerprint density at radius 1 is 1.53 bits per heavy atom. The molecule has 0 aliphatic rings. The molecule has 0 fully saturated rings. The lowest BCUT2D eigenvalue weighted by Gasteiger charge is -2.07. The minimum Gasteiger partial charge on any atom is -0.389 e. The Labute approximate surface area is 91.9 Å². The van der Waals surface area contributed by atoms with Crippen molar-refractivity contribution < 1.29 is 0 Å². The zero-order chi connectivity index (χ0) is 11.0. The number of aryl methyl sites for hydroxylation is 1. The third kappa shape index (κ3) is 1.50. The number of rotatable bonds is 1. The summed E-state index contributed by atoms with van der Waals surface area (Å²) in [6.07, 6.45) is 1.54.